The molecule has 0 spiro atoms. The SMILES string of the molecule is O=C(N/N=C/c1cccs1)c1ccc(-n2c(-c3ccccc3)ccc2-c2ccccc2)cc1. The van der Waals surface area contributed by atoms with Crippen LogP contribution in [0.5, 0.6) is 0 Å². The van der Waals surface area contributed by atoms with Crippen molar-refractivity contribution in [1.29, 1.82) is 0 Å². The van der Waals surface area contributed by atoms with Crippen molar-refractivity contribution in [3.05, 3.63) is 125 Å². The van der Waals surface area contributed by atoms with Gasteiger partial charge in [-0.15, -0.1) is 11.3 Å². The number of benzene rings is 3. The molecule has 0 atom stereocenters. The molecule has 0 bridgehead atoms. The van der Waals surface area contributed by atoms with E-state index in [2.05, 4.69) is 51.5 Å². The highest BCUT2D eigenvalue weighted by Gasteiger charge is 2.14. The average Bonchev–Trinajstić information content (AvgIpc) is 3.55. The molecular weight excluding hydrogens is 426 g/mol. The van der Waals surface area contributed by atoms with E-state index in [1.807, 2.05) is 78.2 Å². The minimum atomic E-state index is -0.242. The summed E-state index contributed by atoms with van der Waals surface area (Å²) in [4.78, 5) is 13.5. The van der Waals surface area contributed by atoms with Crippen LogP contribution < -0.4 is 5.43 Å². The molecule has 160 valence electrons. The molecule has 0 aliphatic carbocycles. The third-order valence-electron chi connectivity index (χ3n) is 5.31. The highest BCUT2D eigenvalue weighted by atomic mass is 32.1. The number of hydrazone groups is 1. The van der Waals surface area contributed by atoms with Crippen LogP contribution in [0, 0.1) is 0 Å². The van der Waals surface area contributed by atoms with Crippen molar-refractivity contribution < 1.29 is 4.79 Å². The van der Waals surface area contributed by atoms with Crippen LogP contribution in [0.25, 0.3) is 28.2 Å². The third-order valence-corrected chi connectivity index (χ3v) is 6.12. The number of nitrogens with zero attached hydrogens (tertiary/aromatic N) is 2. The molecule has 1 N–H and O–H groups in total. The largest absolute Gasteiger partial charge is 0.309 e. The van der Waals surface area contributed by atoms with Gasteiger partial charge in [-0.05, 0) is 59.0 Å². The Bertz CT molecular complexity index is 1310. The van der Waals surface area contributed by atoms with Crippen molar-refractivity contribution in [2.24, 2.45) is 5.10 Å². The molecule has 0 aliphatic rings. The van der Waals surface area contributed by atoms with E-state index in [0.29, 0.717) is 5.56 Å². The second-order valence-electron chi connectivity index (χ2n) is 7.43. The number of carbonyl (C=O) groups is 1. The standard InChI is InChI=1S/C28H21N3OS/c32-28(30-29-20-25-12-7-19-33-25)23-13-15-24(16-14-23)31-26(21-8-3-1-4-9-21)17-18-27(31)22-10-5-2-6-11-22/h1-20H,(H,30,32)/b29-20+. The molecule has 2 heterocycles. The molecule has 5 heteroatoms. The van der Waals surface area contributed by atoms with E-state index in [4.69, 9.17) is 0 Å². The summed E-state index contributed by atoms with van der Waals surface area (Å²) in [7, 11) is 0. The zero-order chi connectivity index (χ0) is 22.5. The lowest BCUT2D eigenvalue weighted by atomic mass is 10.1. The molecule has 2 aromatic heterocycles. The van der Waals surface area contributed by atoms with Crippen LogP contribution in [0.2, 0.25) is 0 Å². The quantitative estimate of drug-likeness (QED) is 0.230. The first-order chi connectivity index (χ1) is 16.3. The summed E-state index contributed by atoms with van der Waals surface area (Å²) < 4.78 is 2.22. The van der Waals surface area contributed by atoms with Gasteiger partial charge < -0.3 is 4.57 Å². The fourth-order valence-corrected chi connectivity index (χ4v) is 4.31. The van der Waals surface area contributed by atoms with E-state index < -0.39 is 0 Å². The summed E-state index contributed by atoms with van der Waals surface area (Å²) in [6.07, 6.45) is 1.65. The maximum absolute atomic E-state index is 12.5. The second kappa shape index (κ2) is 9.51. The maximum Gasteiger partial charge on any atom is 0.271 e. The van der Waals surface area contributed by atoms with Crippen LogP contribution in [0.4, 0.5) is 0 Å². The van der Waals surface area contributed by atoms with E-state index in [1.54, 1.807) is 17.6 Å². The van der Waals surface area contributed by atoms with E-state index >= 15 is 0 Å². The highest BCUT2D eigenvalue weighted by molar-refractivity contribution is 7.11. The lowest BCUT2D eigenvalue weighted by Gasteiger charge is -2.15. The summed E-state index contributed by atoms with van der Waals surface area (Å²) in [6.45, 7) is 0. The first-order valence-corrected chi connectivity index (χ1v) is 11.5. The van der Waals surface area contributed by atoms with Crippen molar-refractivity contribution in [3.63, 3.8) is 0 Å². The Morgan fingerprint density at radius 3 is 1.88 bits per heavy atom. The minimum absolute atomic E-state index is 0.242. The van der Waals surface area contributed by atoms with Crippen molar-refractivity contribution in [3.8, 4) is 28.2 Å². The zero-order valence-electron chi connectivity index (χ0n) is 17.8. The number of nitrogens with one attached hydrogen (secondary N) is 1. The van der Waals surface area contributed by atoms with Gasteiger partial charge in [0.25, 0.3) is 5.91 Å². The molecule has 0 aliphatic heterocycles. The topological polar surface area (TPSA) is 46.4 Å². The highest BCUT2D eigenvalue weighted by Crippen LogP contribution is 2.32. The minimum Gasteiger partial charge on any atom is -0.309 e. The Morgan fingerprint density at radius 2 is 1.33 bits per heavy atom. The number of amides is 1. The van der Waals surface area contributed by atoms with Gasteiger partial charge in [0, 0.05) is 16.1 Å². The van der Waals surface area contributed by atoms with Crippen LogP contribution in [0.1, 0.15) is 15.2 Å². The molecule has 0 radical (unpaired) electrons. The predicted molar refractivity (Wildman–Crippen MR) is 136 cm³/mol. The van der Waals surface area contributed by atoms with Crippen LogP contribution in [-0.4, -0.2) is 16.7 Å². The van der Waals surface area contributed by atoms with Crippen LogP contribution in [-0.2, 0) is 0 Å². The maximum atomic E-state index is 12.5. The molecule has 0 fully saturated rings. The van der Waals surface area contributed by atoms with E-state index in [-0.39, 0.29) is 5.91 Å². The van der Waals surface area contributed by atoms with Gasteiger partial charge in [-0.25, -0.2) is 5.43 Å². The Morgan fingerprint density at radius 1 is 0.727 bits per heavy atom. The number of aromatic nitrogens is 1. The van der Waals surface area contributed by atoms with Crippen LogP contribution in [0.15, 0.2) is 120 Å². The number of thiophene rings is 1. The van der Waals surface area contributed by atoms with Crippen LogP contribution in [0.3, 0.4) is 0 Å². The van der Waals surface area contributed by atoms with Gasteiger partial charge in [0.1, 0.15) is 0 Å². The molecule has 33 heavy (non-hydrogen) atoms. The van der Waals surface area contributed by atoms with Gasteiger partial charge in [0.2, 0.25) is 0 Å². The number of carbonyl (C=O) groups excluding carboxylic acids is 1. The zero-order valence-corrected chi connectivity index (χ0v) is 18.6. The molecule has 0 unspecified atom stereocenters. The van der Waals surface area contributed by atoms with Gasteiger partial charge in [-0.3, -0.25) is 4.79 Å². The van der Waals surface area contributed by atoms with Gasteiger partial charge in [-0.1, -0.05) is 66.7 Å². The van der Waals surface area contributed by atoms with Crippen molar-refractivity contribution in [2.75, 3.05) is 0 Å². The van der Waals surface area contributed by atoms with Crippen molar-refractivity contribution >= 4 is 23.5 Å². The van der Waals surface area contributed by atoms with E-state index in [0.717, 1.165) is 33.1 Å². The van der Waals surface area contributed by atoms with Gasteiger partial charge in [0.15, 0.2) is 0 Å². The number of hydrogen-bond donors (Lipinski definition) is 1. The summed E-state index contributed by atoms with van der Waals surface area (Å²) >= 11 is 1.57. The smallest absolute Gasteiger partial charge is 0.271 e. The second-order valence-corrected chi connectivity index (χ2v) is 8.41. The Hall–Kier alpha value is -4.22. The molecule has 0 saturated heterocycles. The average molecular weight is 448 g/mol. The van der Waals surface area contributed by atoms with Crippen LogP contribution >= 0.6 is 11.3 Å². The van der Waals surface area contributed by atoms with Gasteiger partial charge in [0.05, 0.1) is 17.6 Å². The fraction of sp³-hybridized carbons (Fsp3) is 0. The van der Waals surface area contributed by atoms with Crippen molar-refractivity contribution in [1.82, 2.24) is 9.99 Å². The summed E-state index contributed by atoms with van der Waals surface area (Å²) in [5, 5.41) is 6.02. The fourth-order valence-electron chi connectivity index (χ4n) is 3.73. The van der Waals surface area contributed by atoms with Crippen molar-refractivity contribution in [2.45, 2.75) is 0 Å². The summed E-state index contributed by atoms with van der Waals surface area (Å²) in [6, 6.07) is 36.4. The molecule has 5 rings (SSSR count). The molecule has 3 aromatic carbocycles. The summed E-state index contributed by atoms with van der Waals surface area (Å²) in [5.74, 6) is -0.242. The predicted octanol–water partition coefficient (Wildman–Crippen LogP) is 6.64. The monoisotopic (exact) mass is 447 g/mol. The molecule has 4 nitrogen and oxygen atoms in total. The Kier molecular flexibility index (Phi) is 5.95. The molecule has 0 saturated carbocycles. The molecular formula is C28H21N3OS. The lowest BCUT2D eigenvalue weighted by molar-refractivity contribution is 0.0955. The molecule has 5 aromatic rings. The number of rotatable bonds is 6. The molecule has 1 amide bonds. The van der Waals surface area contributed by atoms with E-state index in [1.165, 1.54) is 0 Å². The van der Waals surface area contributed by atoms with E-state index in [9.17, 15) is 4.79 Å². The normalized spacial score (nSPS) is 11.0. The van der Waals surface area contributed by atoms with Gasteiger partial charge in [-0.2, -0.15) is 5.10 Å². The third kappa shape index (κ3) is 4.54. The summed E-state index contributed by atoms with van der Waals surface area (Å²) in [5.41, 5.74) is 8.57. The Labute approximate surface area is 196 Å². The first-order valence-electron chi connectivity index (χ1n) is 10.6. The number of hydrogen-bond acceptors (Lipinski definition) is 3. The lowest BCUT2D eigenvalue weighted by Crippen LogP contribution is -2.17. The first kappa shape index (κ1) is 20.7. The Balaban J connectivity index is 1.47. The van der Waals surface area contributed by atoms with Gasteiger partial charge >= 0.3 is 0 Å².